The predicted molar refractivity (Wildman–Crippen MR) is 110 cm³/mol. The van der Waals surface area contributed by atoms with Crippen molar-refractivity contribution >= 4 is 23.4 Å². The third kappa shape index (κ3) is 4.26. The first-order valence-electron chi connectivity index (χ1n) is 9.16. The Labute approximate surface area is 181 Å². The molecule has 4 rings (SSSR count). The van der Waals surface area contributed by atoms with Crippen LogP contribution >= 0.6 is 23.4 Å². The zero-order valence-electron chi connectivity index (χ0n) is 15.5. The Kier molecular flexibility index (Phi) is 6.46. The highest BCUT2D eigenvalue weighted by Gasteiger charge is 2.49. The molecule has 154 valence electrons. The molecule has 0 aromatic heterocycles. The van der Waals surface area contributed by atoms with E-state index in [1.807, 2.05) is 30.3 Å². The normalized spacial score (nSPS) is 30.6. The Balaban J connectivity index is 1.57. The lowest BCUT2D eigenvalue weighted by atomic mass is 9.97. The molecule has 2 aromatic rings. The van der Waals surface area contributed by atoms with Gasteiger partial charge in [-0.05, 0) is 23.7 Å². The number of aliphatic hydroxyl groups excluding tert-OH is 1. The van der Waals surface area contributed by atoms with E-state index in [4.69, 9.17) is 31.3 Å². The third-order valence-electron chi connectivity index (χ3n) is 4.90. The van der Waals surface area contributed by atoms with Crippen molar-refractivity contribution in [2.24, 2.45) is 5.11 Å². The minimum atomic E-state index is -1.16. The van der Waals surface area contributed by atoms with Crippen LogP contribution < -0.4 is 0 Å². The fourth-order valence-electron chi connectivity index (χ4n) is 3.46. The van der Waals surface area contributed by atoms with E-state index in [0.717, 1.165) is 17.3 Å². The molecule has 6 atom stereocenters. The number of halogens is 1. The number of rotatable bonds is 4. The molecule has 2 aliphatic heterocycles. The Bertz CT molecular complexity index is 998. The van der Waals surface area contributed by atoms with Gasteiger partial charge in [0.2, 0.25) is 0 Å². The molecule has 2 saturated heterocycles. The van der Waals surface area contributed by atoms with E-state index < -0.39 is 36.1 Å². The van der Waals surface area contributed by atoms with Crippen LogP contribution in [0.25, 0.3) is 10.4 Å². The van der Waals surface area contributed by atoms with E-state index in [9.17, 15) is 10.4 Å². The molecule has 0 aliphatic carbocycles. The molecule has 30 heavy (non-hydrogen) atoms. The van der Waals surface area contributed by atoms with Gasteiger partial charge in [0.1, 0.15) is 29.8 Å². The number of fused-ring (bicyclic) bond motifs is 1. The number of azide groups is 1. The number of hydrogen-bond donors (Lipinski definition) is 1. The van der Waals surface area contributed by atoms with Crippen molar-refractivity contribution in [3.05, 3.63) is 75.1 Å². The maximum atomic E-state index is 10.9. The molecular weight excluding hydrogens is 428 g/mol. The molecule has 2 aromatic carbocycles. The molecule has 1 N–H and O–H groups in total. The first-order valence-corrected chi connectivity index (χ1v) is 10.4. The van der Waals surface area contributed by atoms with Crippen molar-refractivity contribution < 1.29 is 19.3 Å². The summed E-state index contributed by atoms with van der Waals surface area (Å²) in [6.45, 7) is 0.201. The van der Waals surface area contributed by atoms with Crippen molar-refractivity contribution in [1.82, 2.24) is 0 Å². The van der Waals surface area contributed by atoms with Gasteiger partial charge in [0.25, 0.3) is 0 Å². The lowest BCUT2D eigenvalue weighted by Crippen LogP contribution is -2.60. The maximum Gasteiger partial charge on any atom is 0.184 e. The summed E-state index contributed by atoms with van der Waals surface area (Å²) in [4.78, 5) is 3.46. The molecule has 0 spiro atoms. The van der Waals surface area contributed by atoms with Crippen LogP contribution in [0.4, 0.5) is 0 Å². The van der Waals surface area contributed by atoms with E-state index in [2.05, 4.69) is 16.1 Å². The molecule has 0 amide bonds. The lowest BCUT2D eigenvalue weighted by Gasteiger charge is -2.46. The highest BCUT2D eigenvalue weighted by molar-refractivity contribution is 7.99. The SMILES string of the molecule is N#Cc1ccc(Cl)cc1S[C@H]1OC2COC(c3ccccc3)O[C@@H]2C(N=[N+]=[N-])C1O. The van der Waals surface area contributed by atoms with Crippen LogP contribution in [-0.4, -0.2) is 41.5 Å². The van der Waals surface area contributed by atoms with Crippen LogP contribution in [0.5, 0.6) is 0 Å². The number of hydrogen-bond acceptors (Lipinski definition) is 7. The first-order chi connectivity index (χ1) is 14.6. The van der Waals surface area contributed by atoms with Gasteiger partial charge in [-0.3, -0.25) is 0 Å². The van der Waals surface area contributed by atoms with Crippen LogP contribution in [0.2, 0.25) is 5.02 Å². The molecule has 10 heteroatoms. The average molecular weight is 445 g/mol. The molecule has 2 aliphatic rings. The summed E-state index contributed by atoms with van der Waals surface area (Å²) in [5.41, 5.74) is 9.48. The van der Waals surface area contributed by atoms with E-state index in [1.54, 1.807) is 18.2 Å². The summed E-state index contributed by atoms with van der Waals surface area (Å²) in [5, 5.41) is 24.5. The number of benzene rings is 2. The van der Waals surface area contributed by atoms with Crippen LogP contribution in [0.15, 0.2) is 58.5 Å². The monoisotopic (exact) mass is 444 g/mol. The van der Waals surface area contributed by atoms with Crippen molar-refractivity contribution in [2.75, 3.05) is 6.61 Å². The van der Waals surface area contributed by atoms with Gasteiger partial charge in [0.05, 0.1) is 18.2 Å². The standard InChI is InChI=1S/C20H17ClN4O4S/c21-13-7-6-12(9-22)15(8-13)30-20-17(26)16(24-25-23)18-14(28-20)10-27-19(29-18)11-4-2-1-3-5-11/h1-8,14,16-20,26H,10H2/t14?,16?,17?,18-,19?,20+/m0/s1. The second-order valence-corrected chi connectivity index (χ2v) is 8.35. The molecule has 4 unspecified atom stereocenters. The van der Waals surface area contributed by atoms with Gasteiger partial charge in [0.15, 0.2) is 6.29 Å². The van der Waals surface area contributed by atoms with Crippen molar-refractivity contribution in [3.8, 4) is 6.07 Å². The van der Waals surface area contributed by atoms with E-state index >= 15 is 0 Å². The fraction of sp³-hybridized carbons (Fsp3) is 0.350. The summed E-state index contributed by atoms with van der Waals surface area (Å²) in [6.07, 6.45) is -3.04. The molecule has 2 fully saturated rings. The number of ether oxygens (including phenoxy) is 3. The molecule has 2 heterocycles. The number of aliphatic hydroxyl groups is 1. The van der Waals surface area contributed by atoms with E-state index in [-0.39, 0.29) is 6.61 Å². The third-order valence-corrected chi connectivity index (χ3v) is 6.35. The van der Waals surface area contributed by atoms with E-state index in [0.29, 0.717) is 15.5 Å². The van der Waals surface area contributed by atoms with Gasteiger partial charge < -0.3 is 19.3 Å². The van der Waals surface area contributed by atoms with Gasteiger partial charge in [0, 0.05) is 20.4 Å². The Hall–Kier alpha value is -2.28. The quantitative estimate of drug-likeness (QED) is 0.429. The van der Waals surface area contributed by atoms with Crippen LogP contribution in [-0.2, 0) is 14.2 Å². The van der Waals surface area contributed by atoms with Crippen molar-refractivity contribution in [2.45, 2.75) is 41.0 Å². The summed E-state index contributed by atoms with van der Waals surface area (Å²) in [6, 6.07) is 15.4. The zero-order chi connectivity index (χ0) is 21.1. The summed E-state index contributed by atoms with van der Waals surface area (Å²) < 4.78 is 17.9. The number of nitrogens with zero attached hydrogens (tertiary/aromatic N) is 4. The largest absolute Gasteiger partial charge is 0.389 e. The molecule has 0 bridgehead atoms. The predicted octanol–water partition coefficient (Wildman–Crippen LogP) is 4.18. The second kappa shape index (κ2) is 9.25. The Morgan fingerprint density at radius 2 is 2.03 bits per heavy atom. The molecule has 0 saturated carbocycles. The molecule has 8 nitrogen and oxygen atoms in total. The minimum Gasteiger partial charge on any atom is -0.389 e. The zero-order valence-corrected chi connectivity index (χ0v) is 17.1. The van der Waals surface area contributed by atoms with Gasteiger partial charge >= 0.3 is 0 Å². The van der Waals surface area contributed by atoms with E-state index in [1.165, 1.54) is 0 Å². The topological polar surface area (TPSA) is 120 Å². The lowest BCUT2D eigenvalue weighted by molar-refractivity contribution is -0.297. The molecular formula is C20H17ClN4O4S. The van der Waals surface area contributed by atoms with Gasteiger partial charge in [-0.1, -0.05) is 58.8 Å². The van der Waals surface area contributed by atoms with Crippen LogP contribution in [0, 0.1) is 11.3 Å². The van der Waals surface area contributed by atoms with Crippen LogP contribution in [0.1, 0.15) is 17.4 Å². The Morgan fingerprint density at radius 1 is 1.23 bits per heavy atom. The Morgan fingerprint density at radius 3 is 2.77 bits per heavy atom. The summed E-state index contributed by atoms with van der Waals surface area (Å²) in [7, 11) is 0. The van der Waals surface area contributed by atoms with Crippen LogP contribution in [0.3, 0.4) is 0 Å². The van der Waals surface area contributed by atoms with Gasteiger partial charge in [-0.15, -0.1) is 0 Å². The summed E-state index contributed by atoms with van der Waals surface area (Å²) >= 11 is 7.21. The summed E-state index contributed by atoms with van der Waals surface area (Å²) in [5.74, 6) is 0. The average Bonchev–Trinajstić information content (AvgIpc) is 2.77. The smallest absolute Gasteiger partial charge is 0.184 e. The van der Waals surface area contributed by atoms with Crippen molar-refractivity contribution in [3.63, 3.8) is 0 Å². The highest BCUT2D eigenvalue weighted by atomic mass is 35.5. The number of nitriles is 1. The fourth-order valence-corrected chi connectivity index (χ4v) is 4.88. The maximum absolute atomic E-state index is 10.9. The van der Waals surface area contributed by atoms with Gasteiger partial charge in [-0.25, -0.2) is 0 Å². The second-order valence-electron chi connectivity index (χ2n) is 6.78. The first kappa shape index (κ1) is 21.0. The molecule has 0 radical (unpaired) electrons. The number of thioether (sulfide) groups is 1. The van der Waals surface area contributed by atoms with Gasteiger partial charge in [-0.2, -0.15) is 5.26 Å². The van der Waals surface area contributed by atoms with Crippen molar-refractivity contribution in [1.29, 1.82) is 5.26 Å². The minimum absolute atomic E-state index is 0.201. The highest BCUT2D eigenvalue weighted by Crippen LogP contribution is 2.41.